The van der Waals surface area contributed by atoms with Crippen molar-refractivity contribution in [3.8, 4) is 40.2 Å². The van der Waals surface area contributed by atoms with Crippen LogP contribution in [0, 0.1) is 0 Å². The number of carboxylic acids is 1. The second-order valence-corrected chi connectivity index (χ2v) is 11.5. The third-order valence-electron chi connectivity index (χ3n) is 8.19. The highest BCUT2D eigenvalue weighted by molar-refractivity contribution is 5.95. The first-order valence-corrected chi connectivity index (χ1v) is 15.2. The van der Waals surface area contributed by atoms with Gasteiger partial charge in [-0.2, -0.15) is 0 Å². The zero-order valence-corrected chi connectivity index (χ0v) is 26.8. The van der Waals surface area contributed by atoms with Gasteiger partial charge in [0.15, 0.2) is 23.4 Å². The van der Waals surface area contributed by atoms with Gasteiger partial charge in [-0.25, -0.2) is 9.59 Å². The van der Waals surface area contributed by atoms with Crippen LogP contribution in [-0.2, 0) is 23.8 Å². The second kappa shape index (κ2) is 14.1. The van der Waals surface area contributed by atoms with E-state index in [0.717, 1.165) is 18.2 Å². The van der Waals surface area contributed by atoms with Crippen molar-refractivity contribution in [3.63, 3.8) is 0 Å². The average molecular weight is 709 g/mol. The van der Waals surface area contributed by atoms with Crippen molar-refractivity contribution in [2.24, 2.45) is 0 Å². The highest BCUT2D eigenvalue weighted by Crippen LogP contribution is 2.53. The van der Waals surface area contributed by atoms with Gasteiger partial charge in [0.25, 0.3) is 0 Å². The van der Waals surface area contributed by atoms with Gasteiger partial charge < -0.3 is 68.9 Å². The van der Waals surface area contributed by atoms with Crippen molar-refractivity contribution < 1.29 is 78.5 Å². The van der Waals surface area contributed by atoms with Crippen LogP contribution >= 0.6 is 0 Å². The molecule has 16 heteroatoms. The Morgan fingerprint density at radius 1 is 0.863 bits per heavy atom. The van der Waals surface area contributed by atoms with Crippen LogP contribution in [-0.4, -0.2) is 99.2 Å². The van der Waals surface area contributed by atoms with Gasteiger partial charge in [-0.1, -0.05) is 12.1 Å². The van der Waals surface area contributed by atoms with Gasteiger partial charge in [-0.3, -0.25) is 0 Å². The van der Waals surface area contributed by atoms with E-state index >= 15 is 0 Å². The first-order chi connectivity index (χ1) is 24.4. The fourth-order valence-corrected chi connectivity index (χ4v) is 5.64. The number of carbonyl (C=O) groups excluding carboxylic acids is 1. The predicted octanol–water partition coefficient (Wildman–Crippen LogP) is 2.11. The Kier molecular flexibility index (Phi) is 9.67. The van der Waals surface area contributed by atoms with Gasteiger partial charge in [-0.05, 0) is 35.9 Å². The molecule has 1 fully saturated rings. The van der Waals surface area contributed by atoms with E-state index < -0.39 is 61.1 Å². The maximum absolute atomic E-state index is 12.5. The van der Waals surface area contributed by atoms with Crippen LogP contribution in [0.1, 0.15) is 22.8 Å². The quantitative estimate of drug-likeness (QED) is 0.118. The smallest absolute Gasteiger partial charge is 0.371 e. The Bertz CT molecular complexity index is 1910. The number of aliphatic carboxylic acids is 1. The van der Waals surface area contributed by atoms with Crippen LogP contribution in [0.3, 0.4) is 0 Å². The van der Waals surface area contributed by atoms with E-state index in [4.69, 9.17) is 33.2 Å². The van der Waals surface area contributed by atoms with Crippen LogP contribution in [0.25, 0.3) is 11.6 Å². The molecule has 16 nitrogen and oxygen atoms in total. The zero-order valence-electron chi connectivity index (χ0n) is 26.8. The molecule has 7 N–H and O–H groups in total. The summed E-state index contributed by atoms with van der Waals surface area (Å²) in [6, 6.07) is 11.2. The first kappa shape index (κ1) is 34.9. The lowest BCUT2D eigenvalue weighted by molar-refractivity contribution is -0.294. The SMILES string of the molecule is COc1cc(C2Oc3cc(O)cc4c3C(=C2OC2OC(COC(=O)C=Cc3ccc(O)cc3)C(O)C(O)C2O)C=C(C(=O)O)O4)cc(OC)c1O. The molecule has 3 heterocycles. The molecule has 0 spiro atoms. The molecule has 1 saturated heterocycles. The molecule has 51 heavy (non-hydrogen) atoms. The number of aliphatic hydroxyl groups is 3. The van der Waals surface area contributed by atoms with Gasteiger partial charge in [0, 0.05) is 35.4 Å². The number of hydrogen-bond acceptors (Lipinski definition) is 15. The molecule has 0 radical (unpaired) electrons. The summed E-state index contributed by atoms with van der Waals surface area (Å²) in [5.74, 6) is -3.83. The summed E-state index contributed by atoms with van der Waals surface area (Å²) in [7, 11) is 2.59. The van der Waals surface area contributed by atoms with Crippen molar-refractivity contribution in [2.45, 2.75) is 36.8 Å². The van der Waals surface area contributed by atoms with Gasteiger partial charge >= 0.3 is 11.9 Å². The molecule has 3 aromatic carbocycles. The fraction of sp³-hybridized carbons (Fsp3) is 0.257. The number of allylic oxidation sites excluding steroid dienone is 2. The lowest BCUT2D eigenvalue weighted by Crippen LogP contribution is -2.59. The fourth-order valence-electron chi connectivity index (χ4n) is 5.64. The average Bonchev–Trinajstić information content (AvgIpc) is 3.11. The normalized spacial score (nSPS) is 23.7. The highest BCUT2D eigenvalue weighted by atomic mass is 16.7. The molecule has 0 amide bonds. The van der Waals surface area contributed by atoms with E-state index in [1.807, 2.05) is 0 Å². The molecular weight excluding hydrogens is 676 g/mol. The summed E-state index contributed by atoms with van der Waals surface area (Å²) in [5, 5.41) is 72.8. The lowest BCUT2D eigenvalue weighted by Gasteiger charge is -2.42. The van der Waals surface area contributed by atoms with Crippen molar-refractivity contribution in [3.05, 3.63) is 88.9 Å². The van der Waals surface area contributed by atoms with Crippen LogP contribution in [0.4, 0.5) is 0 Å². The van der Waals surface area contributed by atoms with E-state index in [9.17, 15) is 45.3 Å². The van der Waals surface area contributed by atoms with Crippen molar-refractivity contribution in [1.82, 2.24) is 0 Å². The van der Waals surface area contributed by atoms with Crippen molar-refractivity contribution in [2.75, 3.05) is 20.8 Å². The van der Waals surface area contributed by atoms with Crippen molar-refractivity contribution in [1.29, 1.82) is 0 Å². The Morgan fingerprint density at radius 2 is 1.53 bits per heavy atom. The van der Waals surface area contributed by atoms with E-state index in [1.54, 1.807) is 12.1 Å². The largest absolute Gasteiger partial charge is 0.508 e. The molecule has 3 aliphatic rings. The molecule has 0 aromatic heterocycles. The number of carbonyl (C=O) groups is 2. The number of aliphatic hydroxyl groups excluding tert-OH is 3. The number of benzene rings is 3. The molecule has 268 valence electrons. The minimum absolute atomic E-state index is 0.0368. The van der Waals surface area contributed by atoms with Gasteiger partial charge in [0.2, 0.25) is 17.8 Å². The lowest BCUT2D eigenvalue weighted by atomic mass is 9.91. The first-order valence-electron chi connectivity index (χ1n) is 15.2. The number of aromatic hydroxyl groups is 3. The summed E-state index contributed by atoms with van der Waals surface area (Å²) < 4.78 is 39.6. The number of ether oxygens (including phenoxy) is 7. The standard InChI is InChI=1S/C35H32O16/c1-45-22-9-16(10-23(46-2)28(22)39)32-33(19-13-24(34(43)44)48-20-11-18(37)12-21(49-32)27(19)20)51-35-31(42)30(41)29(40)25(50-35)14-47-26(38)8-5-15-3-6-17(36)7-4-15/h3-13,25,29-32,35-37,39-42H,14H2,1-2H3,(H,43,44). The number of esters is 1. The third-order valence-corrected chi connectivity index (χ3v) is 8.19. The van der Waals surface area contributed by atoms with Crippen molar-refractivity contribution >= 4 is 23.6 Å². The molecule has 0 saturated carbocycles. The van der Waals surface area contributed by atoms with Crippen LogP contribution in [0.2, 0.25) is 0 Å². The Morgan fingerprint density at radius 3 is 2.18 bits per heavy atom. The Balaban J connectivity index is 1.36. The summed E-state index contributed by atoms with van der Waals surface area (Å²) in [5.41, 5.74) is 1.03. The monoisotopic (exact) mass is 708 g/mol. The molecule has 0 aliphatic carbocycles. The summed E-state index contributed by atoms with van der Waals surface area (Å²) in [6.07, 6.45) is -6.41. The van der Waals surface area contributed by atoms with Crippen LogP contribution in [0.5, 0.6) is 40.2 Å². The predicted molar refractivity (Wildman–Crippen MR) is 172 cm³/mol. The molecule has 6 atom stereocenters. The second-order valence-electron chi connectivity index (χ2n) is 11.5. The number of hydrogen-bond donors (Lipinski definition) is 7. The number of phenols is 3. The minimum Gasteiger partial charge on any atom is -0.508 e. The maximum atomic E-state index is 12.5. The molecular formula is C35H32O16. The van der Waals surface area contributed by atoms with Gasteiger partial charge in [-0.15, -0.1) is 0 Å². The summed E-state index contributed by atoms with van der Waals surface area (Å²) >= 11 is 0. The minimum atomic E-state index is -1.90. The summed E-state index contributed by atoms with van der Waals surface area (Å²) in [4.78, 5) is 24.6. The molecule has 6 unspecified atom stereocenters. The number of rotatable bonds is 10. The third kappa shape index (κ3) is 6.93. The Labute approximate surface area is 288 Å². The molecule has 0 bridgehead atoms. The molecule has 3 aliphatic heterocycles. The van der Waals surface area contributed by atoms with E-state index in [-0.39, 0.29) is 62.7 Å². The Hall–Kier alpha value is -5.94. The highest BCUT2D eigenvalue weighted by Gasteiger charge is 2.48. The van der Waals surface area contributed by atoms with Crippen LogP contribution < -0.4 is 18.9 Å². The zero-order chi connectivity index (χ0) is 36.6. The number of methoxy groups -OCH3 is 2. The molecule has 6 rings (SSSR count). The van der Waals surface area contributed by atoms with E-state index in [1.165, 1.54) is 50.6 Å². The summed E-state index contributed by atoms with van der Waals surface area (Å²) in [6.45, 7) is -0.592. The number of phenolic OH excluding ortho intramolecular Hbond substituents is 3. The van der Waals surface area contributed by atoms with E-state index in [2.05, 4.69) is 0 Å². The van der Waals surface area contributed by atoms with E-state index in [0.29, 0.717) is 5.56 Å². The van der Waals surface area contributed by atoms with Crippen LogP contribution in [0.15, 0.2) is 72.2 Å². The maximum Gasteiger partial charge on any atom is 0.371 e. The molecule has 3 aromatic rings. The number of carboxylic acid groups (broad SMARTS) is 1. The van der Waals surface area contributed by atoms with Gasteiger partial charge in [0.05, 0.1) is 19.8 Å². The topological polar surface area (TPSA) is 240 Å². The van der Waals surface area contributed by atoms with Gasteiger partial charge in [0.1, 0.15) is 54.0 Å².